The summed E-state index contributed by atoms with van der Waals surface area (Å²) in [7, 11) is 1.15. The normalized spacial score (nSPS) is 9.93. The molecule has 0 amide bonds. The quantitative estimate of drug-likeness (QED) is 0.779. The highest BCUT2D eigenvalue weighted by Gasteiger charge is 2.18. The summed E-state index contributed by atoms with van der Waals surface area (Å²) in [4.78, 5) is 12.8. The number of H-pyrrole nitrogens is 1. The van der Waals surface area contributed by atoms with E-state index in [1.807, 2.05) is 4.98 Å². The second kappa shape index (κ2) is 3.87. The van der Waals surface area contributed by atoms with Crippen LogP contribution in [-0.4, -0.2) is 12.1 Å². The molecule has 0 saturated carbocycles. The van der Waals surface area contributed by atoms with Crippen molar-refractivity contribution in [1.82, 2.24) is 4.98 Å². The van der Waals surface area contributed by atoms with E-state index in [1.54, 1.807) is 6.07 Å². The third kappa shape index (κ3) is 1.71. The number of halogens is 2. The second-order valence-corrected chi connectivity index (χ2v) is 2.41. The van der Waals surface area contributed by atoms with Gasteiger partial charge < -0.3 is 9.72 Å². The van der Waals surface area contributed by atoms with Crippen LogP contribution in [0.1, 0.15) is 17.7 Å². The SMILES string of the molecule is COc1c(C#N)cc(=O)[nH]c1C(F)F. The van der Waals surface area contributed by atoms with Gasteiger partial charge in [0.25, 0.3) is 6.43 Å². The van der Waals surface area contributed by atoms with Crippen LogP contribution in [0.25, 0.3) is 0 Å². The van der Waals surface area contributed by atoms with Crippen LogP contribution in [0.3, 0.4) is 0 Å². The molecule has 0 aliphatic heterocycles. The molecule has 1 rings (SSSR count). The number of hydrogen-bond donors (Lipinski definition) is 1. The Balaban J connectivity index is 3.49. The molecule has 74 valence electrons. The lowest BCUT2D eigenvalue weighted by molar-refractivity contribution is 0.141. The van der Waals surface area contributed by atoms with Gasteiger partial charge in [0.05, 0.1) is 7.11 Å². The maximum absolute atomic E-state index is 12.4. The first-order valence-corrected chi connectivity index (χ1v) is 3.59. The molecule has 0 aliphatic rings. The molecule has 0 atom stereocenters. The monoisotopic (exact) mass is 200 g/mol. The lowest BCUT2D eigenvalue weighted by Gasteiger charge is -2.07. The second-order valence-electron chi connectivity index (χ2n) is 2.41. The van der Waals surface area contributed by atoms with Crippen molar-refractivity contribution in [2.24, 2.45) is 0 Å². The summed E-state index contributed by atoms with van der Waals surface area (Å²) in [5.74, 6) is -0.290. The first-order chi connectivity index (χ1) is 6.60. The molecule has 4 nitrogen and oxygen atoms in total. The summed E-state index contributed by atoms with van der Waals surface area (Å²) in [6.45, 7) is 0. The zero-order valence-electron chi connectivity index (χ0n) is 7.17. The number of rotatable bonds is 2. The van der Waals surface area contributed by atoms with Gasteiger partial charge in [0.2, 0.25) is 5.56 Å². The minimum Gasteiger partial charge on any atom is -0.493 e. The first kappa shape index (κ1) is 10.2. The van der Waals surface area contributed by atoms with Gasteiger partial charge in [0.15, 0.2) is 5.75 Å². The fourth-order valence-electron chi connectivity index (χ4n) is 1.02. The number of hydrogen-bond acceptors (Lipinski definition) is 3. The van der Waals surface area contributed by atoms with Crippen molar-refractivity contribution in [1.29, 1.82) is 5.26 Å². The molecule has 0 aliphatic carbocycles. The molecule has 0 unspecified atom stereocenters. The summed E-state index contributed by atoms with van der Waals surface area (Å²) in [5, 5.41) is 8.55. The standard InChI is InChI=1S/C8H6F2N2O2/c1-14-7-4(3-11)2-5(13)12-6(7)8(9)10/h2,8H,1H3,(H,12,13). The van der Waals surface area contributed by atoms with Crippen molar-refractivity contribution in [2.75, 3.05) is 7.11 Å². The Labute approximate surface area is 77.7 Å². The molecule has 0 radical (unpaired) electrons. The molecule has 0 aromatic carbocycles. The van der Waals surface area contributed by atoms with E-state index in [0.717, 1.165) is 13.2 Å². The summed E-state index contributed by atoms with van der Waals surface area (Å²) >= 11 is 0. The highest BCUT2D eigenvalue weighted by Crippen LogP contribution is 2.28. The van der Waals surface area contributed by atoms with Crippen molar-refractivity contribution in [2.45, 2.75) is 6.43 Å². The average molecular weight is 200 g/mol. The predicted octanol–water partition coefficient (Wildman–Crippen LogP) is 1.19. The molecule has 0 saturated heterocycles. The third-order valence-electron chi connectivity index (χ3n) is 1.57. The largest absolute Gasteiger partial charge is 0.493 e. The van der Waals surface area contributed by atoms with Crippen molar-refractivity contribution in [3.05, 3.63) is 27.7 Å². The molecule has 1 heterocycles. The number of ether oxygens (including phenoxy) is 1. The van der Waals surface area contributed by atoms with Crippen LogP contribution in [0, 0.1) is 11.3 Å². The van der Waals surface area contributed by atoms with Crippen LogP contribution < -0.4 is 10.3 Å². The van der Waals surface area contributed by atoms with Crippen molar-refractivity contribution >= 4 is 0 Å². The molecule has 6 heteroatoms. The molecule has 0 spiro atoms. The van der Waals surface area contributed by atoms with Crippen LogP contribution in [-0.2, 0) is 0 Å². The topological polar surface area (TPSA) is 65.9 Å². The zero-order chi connectivity index (χ0) is 10.7. The molecule has 14 heavy (non-hydrogen) atoms. The molecule has 1 aromatic rings. The Bertz CT molecular complexity index is 434. The highest BCUT2D eigenvalue weighted by molar-refractivity contribution is 5.45. The van der Waals surface area contributed by atoms with Crippen LogP contribution >= 0.6 is 0 Å². The van der Waals surface area contributed by atoms with E-state index in [0.29, 0.717) is 0 Å². The minimum absolute atomic E-state index is 0.202. The number of nitrogens with zero attached hydrogens (tertiary/aromatic N) is 1. The number of nitrogens with one attached hydrogen (secondary N) is 1. The third-order valence-corrected chi connectivity index (χ3v) is 1.57. The van der Waals surface area contributed by atoms with E-state index in [1.165, 1.54) is 0 Å². The smallest absolute Gasteiger partial charge is 0.282 e. The van der Waals surface area contributed by atoms with Crippen LogP contribution in [0.15, 0.2) is 10.9 Å². The number of methoxy groups -OCH3 is 1. The van der Waals surface area contributed by atoms with Gasteiger partial charge in [-0.15, -0.1) is 0 Å². The van der Waals surface area contributed by atoms with E-state index >= 15 is 0 Å². The van der Waals surface area contributed by atoms with Gasteiger partial charge in [0.1, 0.15) is 17.3 Å². The zero-order valence-corrected chi connectivity index (χ0v) is 7.17. The van der Waals surface area contributed by atoms with Gasteiger partial charge in [-0.2, -0.15) is 5.26 Å². The number of aromatic nitrogens is 1. The van der Waals surface area contributed by atoms with E-state index in [-0.39, 0.29) is 11.3 Å². The Morgan fingerprint density at radius 3 is 2.71 bits per heavy atom. The van der Waals surface area contributed by atoms with Crippen LogP contribution in [0.4, 0.5) is 8.78 Å². The summed E-state index contributed by atoms with van der Waals surface area (Å²) < 4.78 is 29.3. The molecular formula is C8H6F2N2O2. The fourth-order valence-corrected chi connectivity index (χ4v) is 1.02. The number of pyridine rings is 1. The van der Waals surface area contributed by atoms with E-state index < -0.39 is 17.7 Å². The van der Waals surface area contributed by atoms with Crippen molar-refractivity contribution < 1.29 is 13.5 Å². The summed E-state index contributed by atoms with van der Waals surface area (Å²) in [5.41, 5.74) is -1.62. The van der Waals surface area contributed by atoms with Crippen LogP contribution in [0.5, 0.6) is 5.75 Å². The van der Waals surface area contributed by atoms with Gasteiger partial charge in [-0.1, -0.05) is 0 Å². The van der Waals surface area contributed by atoms with Gasteiger partial charge in [-0.05, 0) is 0 Å². The van der Waals surface area contributed by atoms with Crippen molar-refractivity contribution in [3.63, 3.8) is 0 Å². The van der Waals surface area contributed by atoms with E-state index in [4.69, 9.17) is 5.26 Å². The number of aromatic amines is 1. The average Bonchev–Trinajstić information content (AvgIpc) is 2.16. The summed E-state index contributed by atoms with van der Waals surface area (Å²) in [6.07, 6.45) is -2.88. The lowest BCUT2D eigenvalue weighted by atomic mass is 10.2. The molecule has 1 aromatic heterocycles. The Kier molecular flexibility index (Phi) is 2.82. The molecular weight excluding hydrogens is 194 g/mol. The van der Waals surface area contributed by atoms with Gasteiger partial charge >= 0.3 is 0 Å². The van der Waals surface area contributed by atoms with Gasteiger partial charge in [-0.3, -0.25) is 4.79 Å². The Morgan fingerprint density at radius 1 is 1.64 bits per heavy atom. The molecule has 0 fully saturated rings. The number of nitriles is 1. The fraction of sp³-hybridized carbons (Fsp3) is 0.250. The predicted molar refractivity (Wildman–Crippen MR) is 43.3 cm³/mol. The minimum atomic E-state index is -2.88. The molecule has 1 N–H and O–H groups in total. The summed E-state index contributed by atoms with van der Waals surface area (Å²) in [6, 6.07) is 2.51. The Hall–Kier alpha value is -1.90. The van der Waals surface area contributed by atoms with Gasteiger partial charge in [0, 0.05) is 6.07 Å². The van der Waals surface area contributed by atoms with Gasteiger partial charge in [-0.25, -0.2) is 8.78 Å². The Morgan fingerprint density at radius 2 is 2.29 bits per heavy atom. The molecule has 0 bridgehead atoms. The van der Waals surface area contributed by atoms with E-state index in [2.05, 4.69) is 4.74 Å². The maximum Gasteiger partial charge on any atom is 0.282 e. The highest BCUT2D eigenvalue weighted by atomic mass is 19.3. The maximum atomic E-state index is 12.4. The number of alkyl halides is 2. The first-order valence-electron chi connectivity index (χ1n) is 3.59. The lowest BCUT2D eigenvalue weighted by Crippen LogP contribution is -2.11. The van der Waals surface area contributed by atoms with Crippen LogP contribution in [0.2, 0.25) is 0 Å². The van der Waals surface area contributed by atoms with E-state index in [9.17, 15) is 13.6 Å². The van der Waals surface area contributed by atoms with Crippen molar-refractivity contribution in [3.8, 4) is 11.8 Å².